The van der Waals surface area contributed by atoms with Crippen LogP contribution >= 0.6 is 0 Å². The lowest BCUT2D eigenvalue weighted by atomic mass is 10.00. The summed E-state index contributed by atoms with van der Waals surface area (Å²) in [5, 5.41) is 20.2. The second-order valence-electron chi connectivity index (χ2n) is 8.92. The van der Waals surface area contributed by atoms with Gasteiger partial charge in [-0.25, -0.2) is 9.67 Å². The van der Waals surface area contributed by atoms with Crippen molar-refractivity contribution in [3.05, 3.63) is 100.0 Å². The third kappa shape index (κ3) is 7.99. The molecule has 2 aromatic heterocycles. The minimum atomic E-state index is -0.791. The van der Waals surface area contributed by atoms with E-state index in [0.717, 1.165) is 45.0 Å². The van der Waals surface area contributed by atoms with E-state index in [1.807, 2.05) is 82.4 Å². The Labute approximate surface area is 216 Å². The van der Waals surface area contributed by atoms with E-state index >= 15 is 0 Å². The Balaban J connectivity index is 0.000000266. The molecule has 4 aromatic rings. The van der Waals surface area contributed by atoms with Crippen molar-refractivity contribution in [3.8, 4) is 5.69 Å². The zero-order valence-corrected chi connectivity index (χ0v) is 21.5. The van der Waals surface area contributed by atoms with Crippen molar-refractivity contribution in [1.82, 2.24) is 20.0 Å². The standard InChI is InChI=1S/C18H19N5O2.C10H13NO/c1-13-8-9-19-17(10-13)20-11-15-12-23(22-21-15)16-5-2-14(3-6-16)4-7-18(24)25;1-6-4-7(2)9(10(11)12)8(3)5-6/h2-3,5-6,8-10,12H,4,7,11H2,1H3,(H,19,20)(H,24,25);4-5H,1-3H3,(H2,11,12). The molecule has 0 spiro atoms. The SMILES string of the molecule is Cc1cc(C)c(C(N)=O)c(C)c1.Cc1ccnc(NCc2cn(-c3ccc(CCC(=O)O)cc3)nn2)c1. The topological polar surface area (TPSA) is 136 Å². The van der Waals surface area contributed by atoms with Crippen LogP contribution in [0.2, 0.25) is 0 Å². The summed E-state index contributed by atoms with van der Waals surface area (Å²) in [4.78, 5) is 25.8. The van der Waals surface area contributed by atoms with Crippen LogP contribution in [0, 0.1) is 27.7 Å². The highest BCUT2D eigenvalue weighted by molar-refractivity contribution is 5.95. The van der Waals surface area contributed by atoms with Crippen molar-refractivity contribution in [2.75, 3.05) is 5.32 Å². The normalized spacial score (nSPS) is 10.4. The van der Waals surface area contributed by atoms with Crippen LogP contribution in [0.4, 0.5) is 5.82 Å². The molecule has 0 saturated carbocycles. The first-order valence-electron chi connectivity index (χ1n) is 11.9. The summed E-state index contributed by atoms with van der Waals surface area (Å²) >= 11 is 0. The highest BCUT2D eigenvalue weighted by Crippen LogP contribution is 2.15. The highest BCUT2D eigenvalue weighted by Gasteiger charge is 2.08. The van der Waals surface area contributed by atoms with Crippen molar-refractivity contribution in [1.29, 1.82) is 0 Å². The van der Waals surface area contributed by atoms with E-state index in [2.05, 4.69) is 20.6 Å². The zero-order valence-electron chi connectivity index (χ0n) is 21.5. The van der Waals surface area contributed by atoms with Gasteiger partial charge in [0.15, 0.2) is 0 Å². The lowest BCUT2D eigenvalue weighted by molar-refractivity contribution is -0.136. The van der Waals surface area contributed by atoms with Crippen molar-refractivity contribution in [2.45, 2.75) is 47.1 Å². The van der Waals surface area contributed by atoms with E-state index < -0.39 is 5.97 Å². The van der Waals surface area contributed by atoms with Crippen LogP contribution in [0.1, 0.15) is 50.3 Å². The largest absolute Gasteiger partial charge is 0.481 e. The summed E-state index contributed by atoms with van der Waals surface area (Å²) in [5.74, 6) is -0.331. The van der Waals surface area contributed by atoms with Gasteiger partial charge in [-0.1, -0.05) is 35.0 Å². The van der Waals surface area contributed by atoms with E-state index in [4.69, 9.17) is 10.8 Å². The molecular weight excluding hydrogens is 468 g/mol. The maximum Gasteiger partial charge on any atom is 0.303 e. The number of primary amides is 1. The minimum Gasteiger partial charge on any atom is -0.481 e. The molecule has 0 radical (unpaired) electrons. The molecule has 9 heteroatoms. The molecule has 192 valence electrons. The molecule has 0 bridgehead atoms. The lowest BCUT2D eigenvalue weighted by Crippen LogP contribution is -2.14. The van der Waals surface area contributed by atoms with E-state index in [1.54, 1.807) is 10.9 Å². The molecule has 0 unspecified atom stereocenters. The van der Waals surface area contributed by atoms with Crippen LogP contribution in [0.5, 0.6) is 0 Å². The predicted octanol–water partition coefficient (Wildman–Crippen LogP) is 4.31. The number of carboxylic acids is 1. The first kappa shape index (κ1) is 27.1. The number of rotatable bonds is 8. The van der Waals surface area contributed by atoms with Crippen LogP contribution in [0.25, 0.3) is 5.69 Å². The number of aryl methyl sites for hydroxylation is 5. The summed E-state index contributed by atoms with van der Waals surface area (Å²) in [6.45, 7) is 8.36. The molecule has 0 aliphatic heterocycles. The van der Waals surface area contributed by atoms with Crippen LogP contribution in [-0.4, -0.2) is 37.0 Å². The van der Waals surface area contributed by atoms with Gasteiger partial charge in [0, 0.05) is 18.2 Å². The van der Waals surface area contributed by atoms with Crippen molar-refractivity contribution in [3.63, 3.8) is 0 Å². The minimum absolute atomic E-state index is 0.130. The molecule has 2 aromatic carbocycles. The molecular formula is C28H32N6O3. The molecule has 2 heterocycles. The van der Waals surface area contributed by atoms with Crippen molar-refractivity contribution in [2.24, 2.45) is 5.73 Å². The number of carbonyl (C=O) groups is 2. The van der Waals surface area contributed by atoms with Crippen molar-refractivity contribution >= 4 is 17.7 Å². The van der Waals surface area contributed by atoms with Gasteiger partial charge in [0.1, 0.15) is 11.5 Å². The third-order valence-electron chi connectivity index (χ3n) is 5.66. The summed E-state index contributed by atoms with van der Waals surface area (Å²) in [7, 11) is 0. The summed E-state index contributed by atoms with van der Waals surface area (Å²) < 4.78 is 1.70. The van der Waals surface area contributed by atoms with Crippen LogP contribution in [0.3, 0.4) is 0 Å². The molecule has 0 saturated heterocycles. The van der Waals surface area contributed by atoms with E-state index in [-0.39, 0.29) is 12.3 Å². The van der Waals surface area contributed by atoms with E-state index in [1.165, 1.54) is 0 Å². The average molecular weight is 501 g/mol. The third-order valence-corrected chi connectivity index (χ3v) is 5.66. The van der Waals surface area contributed by atoms with Gasteiger partial charge in [-0.05, 0) is 80.6 Å². The fourth-order valence-electron chi connectivity index (χ4n) is 3.95. The molecule has 4 N–H and O–H groups in total. The van der Waals surface area contributed by atoms with E-state index in [0.29, 0.717) is 18.5 Å². The average Bonchev–Trinajstić information content (AvgIpc) is 3.30. The zero-order chi connectivity index (χ0) is 26.9. The number of nitrogens with two attached hydrogens (primary N) is 1. The molecule has 0 aliphatic carbocycles. The van der Waals surface area contributed by atoms with Gasteiger partial charge in [0.2, 0.25) is 5.91 Å². The first-order valence-corrected chi connectivity index (χ1v) is 11.9. The summed E-state index contributed by atoms with van der Waals surface area (Å²) in [6.07, 6.45) is 4.27. The number of carbonyl (C=O) groups excluding carboxylic acids is 1. The second kappa shape index (κ2) is 12.4. The Hall–Kier alpha value is -4.53. The fraction of sp³-hybridized carbons (Fsp3) is 0.250. The number of hydrogen-bond acceptors (Lipinski definition) is 6. The maximum absolute atomic E-state index is 11.0. The van der Waals surface area contributed by atoms with Gasteiger partial charge in [-0.15, -0.1) is 5.10 Å². The molecule has 1 amide bonds. The molecule has 0 fully saturated rings. The predicted molar refractivity (Wildman–Crippen MR) is 143 cm³/mol. The second-order valence-corrected chi connectivity index (χ2v) is 8.92. The number of carboxylic acid groups (broad SMARTS) is 1. The maximum atomic E-state index is 11.0. The number of nitrogens with zero attached hydrogens (tertiary/aromatic N) is 4. The fourth-order valence-corrected chi connectivity index (χ4v) is 3.95. The Morgan fingerprint density at radius 3 is 2.24 bits per heavy atom. The van der Waals surface area contributed by atoms with Gasteiger partial charge in [0.25, 0.3) is 0 Å². The number of anilines is 1. The monoisotopic (exact) mass is 500 g/mol. The van der Waals surface area contributed by atoms with Crippen LogP contribution in [0.15, 0.2) is 60.9 Å². The van der Waals surface area contributed by atoms with Crippen LogP contribution in [-0.2, 0) is 17.8 Å². The Kier molecular flexibility index (Phi) is 9.10. The Morgan fingerprint density at radius 2 is 1.65 bits per heavy atom. The summed E-state index contributed by atoms with van der Waals surface area (Å²) in [5.41, 5.74) is 12.8. The number of pyridine rings is 1. The first-order chi connectivity index (χ1) is 17.6. The number of nitrogens with one attached hydrogen (secondary N) is 1. The van der Waals surface area contributed by atoms with Gasteiger partial charge >= 0.3 is 5.97 Å². The smallest absolute Gasteiger partial charge is 0.303 e. The van der Waals surface area contributed by atoms with Gasteiger partial charge in [0.05, 0.1) is 18.4 Å². The molecule has 4 rings (SSSR count). The number of benzene rings is 2. The van der Waals surface area contributed by atoms with Gasteiger partial charge in [-0.3, -0.25) is 9.59 Å². The molecule has 37 heavy (non-hydrogen) atoms. The van der Waals surface area contributed by atoms with E-state index in [9.17, 15) is 9.59 Å². The van der Waals surface area contributed by atoms with Crippen LogP contribution < -0.4 is 11.1 Å². The Morgan fingerprint density at radius 1 is 0.973 bits per heavy atom. The number of aromatic nitrogens is 4. The van der Waals surface area contributed by atoms with Crippen molar-refractivity contribution < 1.29 is 14.7 Å². The Bertz CT molecular complexity index is 1360. The number of amides is 1. The molecule has 0 aliphatic rings. The molecule has 0 atom stereocenters. The summed E-state index contributed by atoms with van der Waals surface area (Å²) in [6, 6.07) is 15.5. The molecule has 9 nitrogen and oxygen atoms in total. The quantitative estimate of drug-likeness (QED) is 0.328. The number of aliphatic carboxylic acids is 1. The van der Waals surface area contributed by atoms with Gasteiger partial charge in [-0.2, -0.15) is 0 Å². The number of hydrogen-bond donors (Lipinski definition) is 3. The lowest BCUT2D eigenvalue weighted by Gasteiger charge is -2.06. The van der Waals surface area contributed by atoms with Gasteiger partial charge < -0.3 is 16.2 Å². The highest BCUT2D eigenvalue weighted by atomic mass is 16.4.